The number of hydrogen-bond donors (Lipinski definition) is 1. The molecular weight excluding hydrogens is 240 g/mol. The van der Waals surface area contributed by atoms with Crippen LogP contribution in [0.4, 0.5) is 0 Å². The second-order valence-corrected chi connectivity index (χ2v) is 6.92. The van der Waals surface area contributed by atoms with Gasteiger partial charge in [0.2, 0.25) is 0 Å². The summed E-state index contributed by atoms with van der Waals surface area (Å²) in [7, 11) is 0. The predicted molar refractivity (Wildman–Crippen MR) is 84.6 cm³/mol. The number of nitrogens with one attached hydrogen (secondary N) is 1. The van der Waals surface area contributed by atoms with Crippen LogP contribution in [0.1, 0.15) is 72.1 Å². The first kappa shape index (κ1) is 15.9. The maximum atomic E-state index is 4.63. The van der Waals surface area contributed by atoms with Crippen LogP contribution in [0.15, 0.2) is 4.99 Å². The number of rotatable bonds is 9. The van der Waals surface area contributed by atoms with Crippen molar-refractivity contribution in [2.75, 3.05) is 12.3 Å². The van der Waals surface area contributed by atoms with Crippen LogP contribution in [0.25, 0.3) is 0 Å². The number of nitrogens with zero attached hydrogens (tertiary/aromatic N) is 1. The third-order valence-electron chi connectivity index (χ3n) is 3.28. The lowest BCUT2D eigenvalue weighted by atomic mass is 10.1. The van der Waals surface area contributed by atoms with Gasteiger partial charge in [-0.05, 0) is 20.3 Å². The van der Waals surface area contributed by atoms with Gasteiger partial charge in [-0.2, -0.15) is 0 Å². The summed E-state index contributed by atoms with van der Waals surface area (Å²) >= 11 is 1.87. The number of thioether (sulfide) groups is 1. The second-order valence-electron chi connectivity index (χ2n) is 5.96. The zero-order chi connectivity index (χ0) is 13.3. The van der Waals surface area contributed by atoms with E-state index in [2.05, 4.69) is 31.1 Å². The molecule has 0 aromatic heterocycles. The lowest BCUT2D eigenvalue weighted by molar-refractivity contribution is 0.535. The van der Waals surface area contributed by atoms with Gasteiger partial charge in [0.05, 0.1) is 0 Å². The average Bonchev–Trinajstić information content (AvgIpc) is 2.67. The Labute approximate surface area is 117 Å². The lowest BCUT2D eigenvalue weighted by Crippen LogP contribution is -2.36. The summed E-state index contributed by atoms with van der Waals surface area (Å²) in [5, 5.41) is 4.62. The Morgan fingerprint density at radius 3 is 2.22 bits per heavy atom. The minimum atomic E-state index is 0.239. The van der Waals surface area contributed by atoms with Crippen molar-refractivity contribution in [3.05, 3.63) is 0 Å². The van der Waals surface area contributed by atoms with E-state index in [1.165, 1.54) is 51.4 Å². The quantitative estimate of drug-likeness (QED) is 0.619. The van der Waals surface area contributed by atoms with Crippen LogP contribution in [-0.4, -0.2) is 23.0 Å². The fourth-order valence-electron chi connectivity index (χ4n) is 2.12. The molecule has 1 saturated heterocycles. The minimum absolute atomic E-state index is 0.239. The van der Waals surface area contributed by atoms with E-state index in [4.69, 9.17) is 0 Å². The monoisotopic (exact) mass is 270 g/mol. The van der Waals surface area contributed by atoms with Gasteiger partial charge in [-0.1, -0.05) is 63.6 Å². The standard InChI is InChI=1S/C15H30N2S/c1-4-5-6-7-8-9-10-11-12-16-14-17-15(2,3)13-18-14/h4-13H2,1-3H3,(H,16,17). The van der Waals surface area contributed by atoms with Crippen molar-refractivity contribution in [2.24, 2.45) is 4.99 Å². The molecule has 1 fully saturated rings. The van der Waals surface area contributed by atoms with E-state index in [-0.39, 0.29) is 5.54 Å². The Balaban J connectivity index is 1.91. The second kappa shape index (κ2) is 8.84. The van der Waals surface area contributed by atoms with Gasteiger partial charge in [0.15, 0.2) is 5.17 Å². The molecule has 0 aromatic carbocycles. The Bertz CT molecular complexity index is 249. The van der Waals surface area contributed by atoms with Gasteiger partial charge in [-0.3, -0.25) is 4.99 Å². The minimum Gasteiger partial charge on any atom is -0.359 e. The Morgan fingerprint density at radius 1 is 1.06 bits per heavy atom. The SMILES string of the molecule is CCCCCCCCCCN=C1NC(C)(C)CS1. The summed E-state index contributed by atoms with van der Waals surface area (Å²) < 4.78 is 0. The summed E-state index contributed by atoms with van der Waals surface area (Å²) in [5.41, 5.74) is 0.239. The van der Waals surface area contributed by atoms with Crippen molar-refractivity contribution >= 4 is 16.9 Å². The third-order valence-corrected chi connectivity index (χ3v) is 4.65. The van der Waals surface area contributed by atoms with Gasteiger partial charge in [0.1, 0.15) is 0 Å². The first-order valence-electron chi connectivity index (χ1n) is 7.59. The summed E-state index contributed by atoms with van der Waals surface area (Å²) in [6.45, 7) is 7.74. The molecule has 0 saturated carbocycles. The van der Waals surface area contributed by atoms with E-state index in [0.717, 1.165) is 17.5 Å². The molecule has 1 N–H and O–H groups in total. The molecule has 0 unspecified atom stereocenters. The Kier molecular flexibility index (Phi) is 7.80. The molecule has 0 atom stereocenters. The van der Waals surface area contributed by atoms with Crippen molar-refractivity contribution in [3.8, 4) is 0 Å². The first-order valence-corrected chi connectivity index (χ1v) is 8.58. The highest BCUT2D eigenvalue weighted by Crippen LogP contribution is 2.22. The molecule has 18 heavy (non-hydrogen) atoms. The molecule has 1 rings (SSSR count). The van der Waals surface area contributed by atoms with Crippen LogP contribution >= 0.6 is 11.8 Å². The molecule has 2 nitrogen and oxygen atoms in total. The van der Waals surface area contributed by atoms with Gasteiger partial charge in [0, 0.05) is 17.8 Å². The maximum absolute atomic E-state index is 4.63. The molecule has 0 radical (unpaired) electrons. The van der Waals surface area contributed by atoms with E-state index in [0.29, 0.717) is 0 Å². The van der Waals surface area contributed by atoms with Crippen molar-refractivity contribution < 1.29 is 0 Å². The molecule has 0 aromatic rings. The van der Waals surface area contributed by atoms with E-state index in [9.17, 15) is 0 Å². The van der Waals surface area contributed by atoms with E-state index < -0.39 is 0 Å². The molecule has 1 aliphatic rings. The number of aliphatic imine (C=N–C) groups is 1. The van der Waals surface area contributed by atoms with Crippen molar-refractivity contribution in [1.82, 2.24) is 5.32 Å². The molecule has 0 spiro atoms. The van der Waals surface area contributed by atoms with Crippen LogP contribution in [0.3, 0.4) is 0 Å². The van der Waals surface area contributed by atoms with Gasteiger partial charge in [-0.25, -0.2) is 0 Å². The molecular formula is C15H30N2S. The van der Waals surface area contributed by atoms with Gasteiger partial charge < -0.3 is 5.32 Å². The van der Waals surface area contributed by atoms with Crippen LogP contribution in [0.5, 0.6) is 0 Å². The van der Waals surface area contributed by atoms with Crippen LogP contribution < -0.4 is 5.32 Å². The highest BCUT2D eigenvalue weighted by atomic mass is 32.2. The smallest absolute Gasteiger partial charge is 0.157 e. The van der Waals surface area contributed by atoms with Gasteiger partial charge in [-0.15, -0.1) is 0 Å². The zero-order valence-corrected chi connectivity index (χ0v) is 13.2. The number of hydrogen-bond acceptors (Lipinski definition) is 2. The summed E-state index contributed by atoms with van der Waals surface area (Å²) in [4.78, 5) is 4.63. The molecule has 0 amide bonds. The van der Waals surface area contributed by atoms with Crippen LogP contribution in [0, 0.1) is 0 Å². The van der Waals surface area contributed by atoms with Gasteiger partial charge >= 0.3 is 0 Å². The van der Waals surface area contributed by atoms with Crippen molar-refractivity contribution in [2.45, 2.75) is 77.7 Å². The zero-order valence-electron chi connectivity index (χ0n) is 12.4. The van der Waals surface area contributed by atoms with Crippen molar-refractivity contribution in [1.29, 1.82) is 0 Å². The highest BCUT2D eigenvalue weighted by molar-refractivity contribution is 8.14. The Morgan fingerprint density at radius 2 is 1.67 bits per heavy atom. The highest BCUT2D eigenvalue weighted by Gasteiger charge is 2.26. The lowest BCUT2D eigenvalue weighted by Gasteiger charge is -2.15. The molecule has 1 aliphatic heterocycles. The van der Waals surface area contributed by atoms with E-state index >= 15 is 0 Å². The number of unbranched alkanes of at least 4 members (excludes halogenated alkanes) is 7. The van der Waals surface area contributed by atoms with Crippen LogP contribution in [0.2, 0.25) is 0 Å². The molecule has 0 aliphatic carbocycles. The fourth-order valence-corrected chi connectivity index (χ4v) is 3.22. The normalized spacial score (nSPS) is 20.3. The fraction of sp³-hybridized carbons (Fsp3) is 0.933. The summed E-state index contributed by atoms with van der Waals surface area (Å²) in [5.74, 6) is 1.14. The topological polar surface area (TPSA) is 24.4 Å². The number of amidine groups is 1. The van der Waals surface area contributed by atoms with Gasteiger partial charge in [0.25, 0.3) is 0 Å². The molecule has 3 heteroatoms. The maximum Gasteiger partial charge on any atom is 0.157 e. The average molecular weight is 270 g/mol. The Hall–Kier alpha value is -0.180. The summed E-state index contributed by atoms with van der Waals surface area (Å²) in [6.07, 6.45) is 11.0. The predicted octanol–water partition coefficient (Wildman–Crippen LogP) is 4.60. The first-order chi connectivity index (χ1) is 8.64. The largest absolute Gasteiger partial charge is 0.359 e. The van der Waals surface area contributed by atoms with Crippen LogP contribution in [-0.2, 0) is 0 Å². The molecule has 1 heterocycles. The molecule has 106 valence electrons. The van der Waals surface area contributed by atoms with E-state index in [1.54, 1.807) is 0 Å². The van der Waals surface area contributed by atoms with Crippen molar-refractivity contribution in [3.63, 3.8) is 0 Å². The molecule has 0 bridgehead atoms. The van der Waals surface area contributed by atoms with E-state index in [1.807, 2.05) is 11.8 Å². The summed E-state index contributed by atoms with van der Waals surface area (Å²) in [6, 6.07) is 0. The third kappa shape index (κ3) is 7.30.